The van der Waals surface area contributed by atoms with Gasteiger partial charge in [-0.3, -0.25) is 4.40 Å². The number of fused-ring (bicyclic) bond motifs is 1. The van der Waals surface area contributed by atoms with E-state index in [-0.39, 0.29) is 17.7 Å². The number of nitrogens with zero attached hydrogens (tertiary/aromatic N) is 2. The van der Waals surface area contributed by atoms with Gasteiger partial charge in [0.25, 0.3) is 0 Å². The maximum Gasteiger partial charge on any atom is 0.196 e. The van der Waals surface area contributed by atoms with Gasteiger partial charge in [0.2, 0.25) is 0 Å². The first kappa shape index (κ1) is 18.3. The number of benzene rings is 2. The molecule has 7 heteroatoms. The largest absolute Gasteiger partial charge is 0.339 e. The Morgan fingerprint density at radius 1 is 1.11 bits per heavy atom. The SMILES string of the molecule is Cc1cccc(C)c1Nc1c(-c2c(F)cccc2F)nc2scc(CC=O)n12. The maximum absolute atomic E-state index is 14.5. The van der Waals surface area contributed by atoms with Gasteiger partial charge in [0, 0.05) is 23.2 Å². The molecule has 0 unspecified atom stereocenters. The van der Waals surface area contributed by atoms with Crippen molar-refractivity contribution in [2.24, 2.45) is 0 Å². The Labute approximate surface area is 164 Å². The molecule has 0 aliphatic rings. The van der Waals surface area contributed by atoms with E-state index < -0.39 is 11.6 Å². The highest BCUT2D eigenvalue weighted by molar-refractivity contribution is 7.15. The van der Waals surface area contributed by atoms with Crippen LogP contribution in [0.3, 0.4) is 0 Å². The van der Waals surface area contributed by atoms with Gasteiger partial charge in [0.15, 0.2) is 4.96 Å². The maximum atomic E-state index is 14.5. The number of para-hydroxylation sites is 1. The molecule has 0 spiro atoms. The highest BCUT2D eigenvalue weighted by Crippen LogP contribution is 2.38. The minimum absolute atomic E-state index is 0.178. The van der Waals surface area contributed by atoms with Crippen molar-refractivity contribution in [2.45, 2.75) is 20.3 Å². The third-order valence-electron chi connectivity index (χ3n) is 4.65. The van der Waals surface area contributed by atoms with E-state index >= 15 is 0 Å². The summed E-state index contributed by atoms with van der Waals surface area (Å²) < 4.78 is 30.8. The second-order valence-electron chi connectivity index (χ2n) is 6.51. The second-order valence-corrected chi connectivity index (χ2v) is 7.35. The molecule has 0 saturated carbocycles. The Balaban J connectivity index is 2.01. The molecule has 2 aromatic carbocycles. The fourth-order valence-electron chi connectivity index (χ4n) is 3.29. The van der Waals surface area contributed by atoms with Gasteiger partial charge in [-0.05, 0) is 37.1 Å². The van der Waals surface area contributed by atoms with Crippen molar-refractivity contribution in [3.63, 3.8) is 0 Å². The summed E-state index contributed by atoms with van der Waals surface area (Å²) in [6, 6.07) is 9.60. The molecule has 0 bridgehead atoms. The number of carbonyl (C=O) groups is 1. The van der Waals surface area contributed by atoms with Crippen LogP contribution in [0.1, 0.15) is 16.8 Å². The number of hydrogen-bond acceptors (Lipinski definition) is 4. The molecule has 0 amide bonds. The fraction of sp³-hybridized carbons (Fsp3) is 0.143. The van der Waals surface area contributed by atoms with E-state index in [4.69, 9.17) is 0 Å². The van der Waals surface area contributed by atoms with Crippen molar-refractivity contribution in [3.8, 4) is 11.3 Å². The van der Waals surface area contributed by atoms with E-state index in [1.54, 1.807) is 4.40 Å². The van der Waals surface area contributed by atoms with Crippen LogP contribution in [0.2, 0.25) is 0 Å². The van der Waals surface area contributed by atoms with Gasteiger partial charge < -0.3 is 10.1 Å². The van der Waals surface area contributed by atoms with Gasteiger partial charge in [-0.25, -0.2) is 13.8 Å². The zero-order chi connectivity index (χ0) is 19.8. The van der Waals surface area contributed by atoms with Gasteiger partial charge >= 0.3 is 0 Å². The van der Waals surface area contributed by atoms with Gasteiger partial charge in [0.05, 0.1) is 5.56 Å². The van der Waals surface area contributed by atoms with E-state index in [1.807, 2.05) is 37.4 Å². The zero-order valence-electron chi connectivity index (χ0n) is 15.3. The normalized spacial score (nSPS) is 11.1. The van der Waals surface area contributed by atoms with Crippen molar-refractivity contribution in [2.75, 3.05) is 5.32 Å². The summed E-state index contributed by atoms with van der Waals surface area (Å²) in [6.45, 7) is 3.91. The summed E-state index contributed by atoms with van der Waals surface area (Å²) in [4.78, 5) is 16.2. The molecule has 0 radical (unpaired) electrons. The van der Waals surface area contributed by atoms with Crippen LogP contribution in [0, 0.1) is 25.5 Å². The van der Waals surface area contributed by atoms with E-state index in [0.717, 1.165) is 23.1 Å². The van der Waals surface area contributed by atoms with Crippen molar-refractivity contribution in [1.29, 1.82) is 0 Å². The van der Waals surface area contributed by atoms with Gasteiger partial charge in [-0.2, -0.15) is 0 Å². The molecule has 4 nitrogen and oxygen atoms in total. The minimum Gasteiger partial charge on any atom is -0.339 e. The quantitative estimate of drug-likeness (QED) is 0.456. The van der Waals surface area contributed by atoms with E-state index in [1.165, 1.54) is 29.5 Å². The van der Waals surface area contributed by atoms with E-state index in [9.17, 15) is 13.6 Å². The lowest BCUT2D eigenvalue weighted by molar-refractivity contribution is -0.107. The molecule has 4 aromatic rings. The number of nitrogens with one attached hydrogen (secondary N) is 1. The Bertz CT molecular complexity index is 1160. The number of aryl methyl sites for hydroxylation is 2. The molecular weight excluding hydrogens is 380 g/mol. The van der Waals surface area contributed by atoms with Gasteiger partial charge in [-0.1, -0.05) is 24.3 Å². The third kappa shape index (κ3) is 2.97. The number of hydrogen-bond donors (Lipinski definition) is 1. The Morgan fingerprint density at radius 3 is 2.39 bits per heavy atom. The second kappa shape index (κ2) is 7.16. The average Bonchev–Trinajstić information content (AvgIpc) is 3.19. The third-order valence-corrected chi connectivity index (χ3v) is 5.53. The van der Waals surface area contributed by atoms with Crippen molar-refractivity contribution >= 4 is 34.1 Å². The van der Waals surface area contributed by atoms with Crippen molar-refractivity contribution < 1.29 is 13.6 Å². The summed E-state index contributed by atoms with van der Waals surface area (Å²) >= 11 is 1.32. The van der Waals surface area contributed by atoms with Crippen LogP contribution < -0.4 is 5.32 Å². The molecule has 2 aromatic heterocycles. The van der Waals surface area contributed by atoms with Crippen LogP contribution in [0.5, 0.6) is 0 Å². The lowest BCUT2D eigenvalue weighted by Crippen LogP contribution is -2.03. The lowest BCUT2D eigenvalue weighted by Gasteiger charge is -2.14. The number of carbonyl (C=O) groups excluding carboxylic acids is 1. The van der Waals surface area contributed by atoms with E-state index in [2.05, 4.69) is 10.3 Å². The molecule has 28 heavy (non-hydrogen) atoms. The molecular formula is C21H17F2N3OS. The molecule has 0 saturated heterocycles. The Morgan fingerprint density at radius 2 is 1.75 bits per heavy atom. The average molecular weight is 397 g/mol. The molecule has 1 N–H and O–H groups in total. The molecule has 0 fully saturated rings. The van der Waals surface area contributed by atoms with E-state index in [0.29, 0.717) is 16.5 Å². The lowest BCUT2D eigenvalue weighted by atomic mass is 10.1. The van der Waals surface area contributed by atoms with Crippen LogP contribution in [0.15, 0.2) is 41.8 Å². The van der Waals surface area contributed by atoms with Gasteiger partial charge in [0.1, 0.15) is 29.4 Å². The molecule has 0 aliphatic carbocycles. The Hall–Kier alpha value is -3.06. The van der Waals surface area contributed by atoms with Crippen LogP contribution >= 0.6 is 11.3 Å². The van der Waals surface area contributed by atoms with Crippen molar-refractivity contribution in [3.05, 3.63) is 70.2 Å². The molecule has 4 rings (SSSR count). The predicted molar refractivity (Wildman–Crippen MR) is 107 cm³/mol. The number of halogens is 2. The number of thiazole rings is 1. The monoisotopic (exact) mass is 397 g/mol. The standard InChI is InChI=1S/C21H17F2N3OS/c1-12-5-3-6-13(2)18(12)24-20-19(17-15(22)7-4-8-16(17)23)25-21-26(20)14(9-10-27)11-28-21/h3-8,10-11,24H,9H2,1-2H3. The Kier molecular flexibility index (Phi) is 4.68. The number of aromatic nitrogens is 2. The molecule has 0 aliphatic heterocycles. The summed E-state index contributed by atoms with van der Waals surface area (Å²) in [5.74, 6) is -0.936. The molecule has 2 heterocycles. The van der Waals surface area contributed by atoms with Crippen LogP contribution in [-0.2, 0) is 11.2 Å². The molecule has 142 valence electrons. The number of rotatable bonds is 5. The highest BCUT2D eigenvalue weighted by Gasteiger charge is 2.23. The summed E-state index contributed by atoms with van der Waals surface area (Å²) in [6.07, 6.45) is 0.977. The smallest absolute Gasteiger partial charge is 0.196 e. The minimum atomic E-state index is -0.688. The number of imidazole rings is 1. The fourth-order valence-corrected chi connectivity index (χ4v) is 4.19. The predicted octanol–water partition coefficient (Wildman–Crippen LogP) is 5.44. The van der Waals surface area contributed by atoms with Crippen LogP contribution in [-0.4, -0.2) is 15.7 Å². The summed E-state index contributed by atoms with van der Waals surface area (Å²) in [5.41, 5.74) is 3.51. The summed E-state index contributed by atoms with van der Waals surface area (Å²) in [5, 5.41) is 5.16. The topological polar surface area (TPSA) is 46.4 Å². The number of aldehydes is 1. The van der Waals surface area contributed by atoms with Gasteiger partial charge in [-0.15, -0.1) is 11.3 Å². The highest BCUT2D eigenvalue weighted by atomic mass is 32.1. The first-order chi connectivity index (χ1) is 13.5. The first-order valence-electron chi connectivity index (χ1n) is 8.71. The first-order valence-corrected chi connectivity index (χ1v) is 9.59. The number of anilines is 2. The zero-order valence-corrected chi connectivity index (χ0v) is 16.1. The summed E-state index contributed by atoms with van der Waals surface area (Å²) in [7, 11) is 0. The van der Waals surface area contributed by atoms with Crippen molar-refractivity contribution in [1.82, 2.24) is 9.38 Å². The van der Waals surface area contributed by atoms with Crippen LogP contribution in [0.25, 0.3) is 16.2 Å². The molecule has 0 atom stereocenters. The van der Waals surface area contributed by atoms with Crippen LogP contribution in [0.4, 0.5) is 20.3 Å².